The van der Waals surface area contributed by atoms with E-state index in [-0.39, 0.29) is 24.3 Å². The van der Waals surface area contributed by atoms with E-state index in [1.807, 2.05) is 20.8 Å². The third-order valence-electron chi connectivity index (χ3n) is 1.06. The molecule has 0 saturated heterocycles. The SMILES string of the molecule is CC(C)(C)CS(=O)(=O)NCCO. The molecule has 4 nitrogen and oxygen atoms in total. The molecule has 0 atom stereocenters. The van der Waals surface area contributed by atoms with Crippen LogP contribution in [0.3, 0.4) is 0 Å². The van der Waals surface area contributed by atoms with Crippen molar-refractivity contribution in [2.45, 2.75) is 20.8 Å². The second kappa shape index (κ2) is 4.20. The number of hydrogen-bond donors (Lipinski definition) is 2. The Balaban J connectivity index is 4.06. The second-order valence-corrected chi connectivity index (χ2v) is 5.74. The van der Waals surface area contributed by atoms with Crippen molar-refractivity contribution in [3.63, 3.8) is 0 Å². The monoisotopic (exact) mass is 195 g/mol. The number of aliphatic hydroxyl groups excluding tert-OH is 1. The van der Waals surface area contributed by atoms with Gasteiger partial charge in [0.25, 0.3) is 0 Å². The summed E-state index contributed by atoms with van der Waals surface area (Å²) < 4.78 is 24.7. The number of aliphatic hydroxyl groups is 1. The van der Waals surface area contributed by atoms with Crippen molar-refractivity contribution in [1.82, 2.24) is 4.72 Å². The first-order chi connectivity index (χ1) is 5.27. The Bertz CT molecular complexity index is 215. The average Bonchev–Trinajstić information content (AvgIpc) is 1.78. The summed E-state index contributed by atoms with van der Waals surface area (Å²) in [6.45, 7) is 5.49. The van der Waals surface area contributed by atoms with Crippen LogP contribution in [0.15, 0.2) is 0 Å². The van der Waals surface area contributed by atoms with Gasteiger partial charge in [-0.05, 0) is 5.41 Å². The molecule has 0 unspecified atom stereocenters. The first-order valence-electron chi connectivity index (χ1n) is 3.85. The molecule has 0 fully saturated rings. The zero-order valence-corrected chi connectivity index (χ0v) is 8.61. The smallest absolute Gasteiger partial charge is 0.212 e. The number of hydrogen-bond acceptors (Lipinski definition) is 3. The van der Waals surface area contributed by atoms with E-state index >= 15 is 0 Å². The lowest BCUT2D eigenvalue weighted by Crippen LogP contribution is -2.33. The number of rotatable bonds is 4. The van der Waals surface area contributed by atoms with Crippen LogP contribution in [0.1, 0.15) is 20.8 Å². The first kappa shape index (κ1) is 11.9. The highest BCUT2D eigenvalue weighted by Crippen LogP contribution is 2.14. The molecular formula is C7H17NO3S. The van der Waals surface area contributed by atoms with Gasteiger partial charge in [-0.25, -0.2) is 13.1 Å². The number of nitrogens with one attached hydrogen (secondary N) is 1. The van der Waals surface area contributed by atoms with Gasteiger partial charge in [0.15, 0.2) is 0 Å². The molecule has 0 rings (SSSR count). The van der Waals surface area contributed by atoms with Crippen molar-refractivity contribution in [3.05, 3.63) is 0 Å². The summed E-state index contributed by atoms with van der Waals surface area (Å²) in [5.74, 6) is 0.0833. The van der Waals surface area contributed by atoms with Gasteiger partial charge in [-0.3, -0.25) is 0 Å². The lowest BCUT2D eigenvalue weighted by Gasteiger charge is -2.17. The van der Waals surface area contributed by atoms with Crippen molar-refractivity contribution in [2.75, 3.05) is 18.9 Å². The quantitative estimate of drug-likeness (QED) is 0.660. The molecule has 5 heteroatoms. The lowest BCUT2D eigenvalue weighted by atomic mass is 10.0. The Labute approximate surface area is 74.0 Å². The van der Waals surface area contributed by atoms with Gasteiger partial charge in [0, 0.05) is 6.54 Å². The second-order valence-electron chi connectivity index (χ2n) is 3.94. The first-order valence-corrected chi connectivity index (χ1v) is 5.50. The summed E-state index contributed by atoms with van der Waals surface area (Å²) >= 11 is 0. The third-order valence-corrected chi connectivity index (χ3v) is 2.95. The van der Waals surface area contributed by atoms with Crippen LogP contribution in [0.4, 0.5) is 0 Å². The lowest BCUT2D eigenvalue weighted by molar-refractivity contribution is 0.300. The Morgan fingerprint density at radius 2 is 1.83 bits per heavy atom. The van der Waals surface area contributed by atoms with E-state index in [0.29, 0.717) is 0 Å². The van der Waals surface area contributed by atoms with Gasteiger partial charge in [0.1, 0.15) is 0 Å². The molecule has 0 aromatic rings. The van der Waals surface area contributed by atoms with Crippen molar-refractivity contribution in [3.8, 4) is 0 Å². The third kappa shape index (κ3) is 6.57. The van der Waals surface area contributed by atoms with Gasteiger partial charge >= 0.3 is 0 Å². The standard InChI is InChI=1S/C7H17NO3S/c1-7(2,3)6-12(10,11)8-4-5-9/h8-9H,4-6H2,1-3H3. The molecule has 0 saturated carbocycles. The highest BCUT2D eigenvalue weighted by molar-refractivity contribution is 7.89. The van der Waals surface area contributed by atoms with E-state index in [1.165, 1.54) is 0 Å². The topological polar surface area (TPSA) is 66.4 Å². The van der Waals surface area contributed by atoms with Crippen LogP contribution >= 0.6 is 0 Å². The van der Waals surface area contributed by atoms with Crippen LogP contribution < -0.4 is 4.72 Å². The minimum Gasteiger partial charge on any atom is -0.395 e. The van der Waals surface area contributed by atoms with E-state index in [0.717, 1.165) is 0 Å². The minimum absolute atomic E-state index is 0.0833. The van der Waals surface area contributed by atoms with Crippen molar-refractivity contribution >= 4 is 10.0 Å². The molecule has 12 heavy (non-hydrogen) atoms. The van der Waals surface area contributed by atoms with Gasteiger partial charge in [-0.2, -0.15) is 0 Å². The van der Waals surface area contributed by atoms with Crippen LogP contribution in [-0.4, -0.2) is 32.4 Å². The zero-order chi connectivity index (χ0) is 9.83. The molecule has 0 aliphatic carbocycles. The summed E-state index contributed by atoms with van der Waals surface area (Å²) in [7, 11) is -3.21. The van der Waals surface area contributed by atoms with E-state index < -0.39 is 10.0 Å². The predicted molar refractivity (Wildman–Crippen MR) is 48.3 cm³/mol. The fraction of sp³-hybridized carbons (Fsp3) is 1.00. The van der Waals surface area contributed by atoms with Gasteiger partial charge in [-0.1, -0.05) is 20.8 Å². The highest BCUT2D eigenvalue weighted by Gasteiger charge is 2.20. The zero-order valence-electron chi connectivity index (χ0n) is 7.79. The maximum Gasteiger partial charge on any atom is 0.212 e. The molecular weight excluding hydrogens is 178 g/mol. The van der Waals surface area contributed by atoms with Gasteiger partial charge in [0.05, 0.1) is 12.4 Å². The van der Waals surface area contributed by atoms with Crippen molar-refractivity contribution < 1.29 is 13.5 Å². The average molecular weight is 195 g/mol. The molecule has 0 amide bonds. The molecule has 2 N–H and O–H groups in total. The molecule has 0 spiro atoms. The molecule has 0 aliphatic heterocycles. The molecule has 0 aromatic carbocycles. The van der Waals surface area contributed by atoms with E-state index in [4.69, 9.17) is 5.11 Å². The molecule has 0 bridgehead atoms. The van der Waals surface area contributed by atoms with Crippen molar-refractivity contribution in [1.29, 1.82) is 0 Å². The largest absolute Gasteiger partial charge is 0.395 e. The minimum atomic E-state index is -3.21. The Morgan fingerprint density at radius 3 is 2.17 bits per heavy atom. The summed E-state index contributed by atoms with van der Waals surface area (Å²) in [5.41, 5.74) is -0.249. The summed E-state index contributed by atoms with van der Waals surface area (Å²) in [6, 6.07) is 0. The highest BCUT2D eigenvalue weighted by atomic mass is 32.2. The molecule has 0 radical (unpaired) electrons. The fourth-order valence-corrected chi connectivity index (χ4v) is 2.47. The summed E-state index contributed by atoms with van der Waals surface area (Å²) in [6.07, 6.45) is 0. The summed E-state index contributed by atoms with van der Waals surface area (Å²) in [4.78, 5) is 0. The van der Waals surface area contributed by atoms with Crippen LogP contribution in [0.2, 0.25) is 0 Å². The Kier molecular flexibility index (Phi) is 4.16. The molecule has 0 aromatic heterocycles. The predicted octanol–water partition coefficient (Wildman–Crippen LogP) is -0.0558. The van der Waals surface area contributed by atoms with Crippen LogP contribution in [0.25, 0.3) is 0 Å². The van der Waals surface area contributed by atoms with Gasteiger partial charge in [-0.15, -0.1) is 0 Å². The maximum atomic E-state index is 11.2. The molecule has 0 heterocycles. The van der Waals surface area contributed by atoms with E-state index in [9.17, 15) is 8.42 Å². The van der Waals surface area contributed by atoms with Gasteiger partial charge in [0.2, 0.25) is 10.0 Å². The van der Waals surface area contributed by atoms with E-state index in [1.54, 1.807) is 0 Å². The molecule has 0 aliphatic rings. The Morgan fingerprint density at radius 1 is 1.33 bits per heavy atom. The maximum absolute atomic E-state index is 11.2. The van der Waals surface area contributed by atoms with Crippen molar-refractivity contribution in [2.24, 2.45) is 5.41 Å². The normalized spacial score (nSPS) is 13.3. The summed E-state index contributed by atoms with van der Waals surface area (Å²) in [5, 5.41) is 8.40. The Hall–Kier alpha value is -0.130. The fourth-order valence-electron chi connectivity index (χ4n) is 0.822. The van der Waals surface area contributed by atoms with Crippen LogP contribution in [0.5, 0.6) is 0 Å². The number of sulfonamides is 1. The molecule has 74 valence electrons. The van der Waals surface area contributed by atoms with E-state index in [2.05, 4.69) is 4.72 Å². The van der Waals surface area contributed by atoms with Gasteiger partial charge < -0.3 is 5.11 Å². The van der Waals surface area contributed by atoms with Crippen LogP contribution in [-0.2, 0) is 10.0 Å². The van der Waals surface area contributed by atoms with Crippen LogP contribution in [0, 0.1) is 5.41 Å².